The second-order valence-corrected chi connectivity index (χ2v) is 6.73. The van der Waals surface area contributed by atoms with Gasteiger partial charge in [-0.05, 0) is 25.1 Å². The van der Waals surface area contributed by atoms with E-state index in [1.807, 2.05) is 0 Å². The predicted octanol–water partition coefficient (Wildman–Crippen LogP) is 3.77. The first-order valence-corrected chi connectivity index (χ1v) is 8.42. The average Bonchev–Trinajstić information content (AvgIpc) is 2.94. The monoisotopic (exact) mass is 395 g/mol. The molecule has 0 saturated carbocycles. The number of hydrogen-bond donors (Lipinski definition) is 2. The van der Waals surface area contributed by atoms with Crippen LogP contribution < -0.4 is 10.7 Å². The molecule has 3 rings (SSSR count). The maximum atomic E-state index is 12.8. The molecular formula is C17H12F3N3O3S. The van der Waals surface area contributed by atoms with Gasteiger partial charge < -0.3 is 4.98 Å². The van der Waals surface area contributed by atoms with Crippen molar-refractivity contribution in [2.45, 2.75) is 20.0 Å². The van der Waals surface area contributed by atoms with Gasteiger partial charge in [0.15, 0.2) is 10.9 Å². The van der Waals surface area contributed by atoms with Gasteiger partial charge >= 0.3 is 6.18 Å². The van der Waals surface area contributed by atoms with E-state index in [1.165, 1.54) is 6.92 Å². The molecule has 140 valence electrons. The number of aromatic amines is 1. The zero-order chi connectivity index (χ0) is 19.9. The molecule has 0 unspecified atom stereocenters. The van der Waals surface area contributed by atoms with Crippen LogP contribution in [0.5, 0.6) is 0 Å². The topological polar surface area (TPSA) is 91.9 Å². The molecule has 0 atom stereocenters. The number of carbonyl (C=O) groups is 2. The Bertz CT molecular complexity index is 1130. The van der Waals surface area contributed by atoms with E-state index in [0.29, 0.717) is 10.6 Å². The summed E-state index contributed by atoms with van der Waals surface area (Å²) >= 11 is 0.975. The number of carbonyl (C=O) groups excluding carboxylic acids is 2. The molecule has 0 spiro atoms. The molecule has 27 heavy (non-hydrogen) atoms. The second-order valence-electron chi connectivity index (χ2n) is 5.73. The van der Waals surface area contributed by atoms with Crippen molar-refractivity contribution in [1.29, 1.82) is 0 Å². The van der Waals surface area contributed by atoms with Crippen molar-refractivity contribution in [3.05, 3.63) is 56.3 Å². The number of nitrogens with one attached hydrogen (secondary N) is 2. The van der Waals surface area contributed by atoms with E-state index in [-0.39, 0.29) is 27.4 Å². The van der Waals surface area contributed by atoms with Crippen LogP contribution in [0.1, 0.15) is 38.2 Å². The fraction of sp³-hybridized carbons (Fsp3) is 0.176. The summed E-state index contributed by atoms with van der Waals surface area (Å²) in [5, 5.41) is 2.53. The van der Waals surface area contributed by atoms with Crippen molar-refractivity contribution in [2.24, 2.45) is 0 Å². The number of amides is 1. The van der Waals surface area contributed by atoms with E-state index in [4.69, 9.17) is 0 Å². The maximum Gasteiger partial charge on any atom is 0.416 e. The predicted molar refractivity (Wildman–Crippen MR) is 94.4 cm³/mol. The summed E-state index contributed by atoms with van der Waals surface area (Å²) in [6, 6.07) is 2.61. The van der Waals surface area contributed by atoms with E-state index in [0.717, 1.165) is 35.7 Å². The van der Waals surface area contributed by atoms with Gasteiger partial charge in [-0.3, -0.25) is 19.7 Å². The fourth-order valence-corrected chi connectivity index (χ4v) is 3.36. The lowest BCUT2D eigenvalue weighted by Crippen LogP contribution is -2.22. The summed E-state index contributed by atoms with van der Waals surface area (Å²) in [6.45, 7) is 2.99. The first-order valence-electron chi connectivity index (χ1n) is 7.60. The van der Waals surface area contributed by atoms with Crippen LogP contribution in [0.15, 0.2) is 29.2 Å². The zero-order valence-electron chi connectivity index (χ0n) is 14.0. The van der Waals surface area contributed by atoms with Gasteiger partial charge in [-0.25, -0.2) is 4.98 Å². The van der Waals surface area contributed by atoms with E-state index in [9.17, 15) is 27.6 Å². The van der Waals surface area contributed by atoms with Gasteiger partial charge in [0.2, 0.25) is 5.43 Å². The van der Waals surface area contributed by atoms with Gasteiger partial charge in [0.1, 0.15) is 5.56 Å². The Morgan fingerprint density at radius 3 is 2.56 bits per heavy atom. The molecular weight excluding hydrogens is 383 g/mol. The molecule has 3 aromatic rings. The number of aromatic nitrogens is 2. The summed E-state index contributed by atoms with van der Waals surface area (Å²) in [6.07, 6.45) is -3.50. The Kier molecular flexibility index (Phi) is 4.60. The van der Waals surface area contributed by atoms with Crippen molar-refractivity contribution in [2.75, 3.05) is 5.32 Å². The number of benzene rings is 1. The van der Waals surface area contributed by atoms with Crippen LogP contribution in [-0.4, -0.2) is 21.7 Å². The molecule has 0 bridgehead atoms. The molecule has 6 nitrogen and oxygen atoms in total. The quantitative estimate of drug-likeness (QED) is 0.661. The van der Waals surface area contributed by atoms with Crippen LogP contribution in [0, 0.1) is 6.92 Å². The highest BCUT2D eigenvalue weighted by Gasteiger charge is 2.30. The second kappa shape index (κ2) is 6.62. The van der Waals surface area contributed by atoms with Gasteiger partial charge in [0, 0.05) is 24.0 Å². The minimum absolute atomic E-state index is 0.0321. The van der Waals surface area contributed by atoms with Gasteiger partial charge in [0.25, 0.3) is 5.91 Å². The van der Waals surface area contributed by atoms with Crippen molar-refractivity contribution in [3.63, 3.8) is 0 Å². The Labute approximate surface area is 154 Å². The number of alkyl halides is 3. The van der Waals surface area contributed by atoms with E-state index < -0.39 is 23.1 Å². The van der Waals surface area contributed by atoms with Crippen LogP contribution in [0.2, 0.25) is 0 Å². The van der Waals surface area contributed by atoms with Gasteiger partial charge in [-0.15, -0.1) is 0 Å². The normalized spacial score (nSPS) is 11.6. The number of rotatable bonds is 3. The van der Waals surface area contributed by atoms with E-state index >= 15 is 0 Å². The molecule has 2 aromatic heterocycles. The lowest BCUT2D eigenvalue weighted by atomic mass is 10.1. The third-order valence-corrected chi connectivity index (χ3v) is 4.96. The van der Waals surface area contributed by atoms with Gasteiger partial charge in [-0.1, -0.05) is 11.3 Å². The van der Waals surface area contributed by atoms with Crippen LogP contribution >= 0.6 is 11.3 Å². The Balaban J connectivity index is 1.96. The number of H-pyrrole nitrogens is 1. The van der Waals surface area contributed by atoms with Gasteiger partial charge in [0.05, 0.1) is 16.1 Å². The number of pyridine rings is 1. The third kappa shape index (κ3) is 3.61. The molecule has 10 heteroatoms. The number of ketones is 1. The summed E-state index contributed by atoms with van der Waals surface area (Å²) in [7, 11) is 0. The first kappa shape index (κ1) is 18.8. The summed E-state index contributed by atoms with van der Waals surface area (Å²) in [4.78, 5) is 43.3. The third-order valence-electron chi connectivity index (χ3n) is 3.79. The number of halogens is 3. The zero-order valence-corrected chi connectivity index (χ0v) is 14.8. The minimum Gasteiger partial charge on any atom is -0.360 e. The minimum atomic E-state index is -4.54. The Morgan fingerprint density at radius 1 is 1.26 bits per heavy atom. The molecule has 2 N–H and O–H groups in total. The molecule has 2 heterocycles. The van der Waals surface area contributed by atoms with E-state index in [2.05, 4.69) is 15.3 Å². The number of fused-ring (bicyclic) bond motifs is 1. The lowest BCUT2D eigenvalue weighted by molar-refractivity contribution is -0.137. The number of anilines is 1. The largest absolute Gasteiger partial charge is 0.416 e. The molecule has 0 aliphatic rings. The molecule has 1 amide bonds. The highest BCUT2D eigenvalue weighted by molar-refractivity contribution is 7.17. The number of thiazole rings is 1. The smallest absolute Gasteiger partial charge is 0.360 e. The number of nitrogens with zero attached hydrogens (tertiary/aromatic N) is 1. The van der Waals surface area contributed by atoms with Crippen LogP contribution in [0.3, 0.4) is 0 Å². The standard InChI is InChI=1S/C17H12F3N3O3S/c1-7-14(8(2)24)27-16(22-7)23-15(26)11-6-21-12-5-9(17(18,19)20)3-4-10(12)13(11)25/h3-6H,1-2H3,(H,21,25)(H,22,23,26). The maximum absolute atomic E-state index is 12.8. The molecule has 0 aliphatic heterocycles. The van der Waals surface area contributed by atoms with Crippen molar-refractivity contribution in [3.8, 4) is 0 Å². The molecule has 0 saturated heterocycles. The molecule has 0 aliphatic carbocycles. The van der Waals surface area contributed by atoms with Crippen molar-refractivity contribution >= 4 is 39.1 Å². The van der Waals surface area contributed by atoms with Crippen LogP contribution in [0.4, 0.5) is 18.3 Å². The Morgan fingerprint density at radius 2 is 1.96 bits per heavy atom. The van der Waals surface area contributed by atoms with Crippen molar-refractivity contribution < 1.29 is 22.8 Å². The Hall–Kier alpha value is -3.01. The average molecular weight is 395 g/mol. The van der Waals surface area contributed by atoms with Gasteiger partial charge in [-0.2, -0.15) is 13.2 Å². The summed E-state index contributed by atoms with van der Waals surface area (Å²) in [5.41, 5.74) is -1.47. The lowest BCUT2D eigenvalue weighted by Gasteiger charge is -2.08. The summed E-state index contributed by atoms with van der Waals surface area (Å²) in [5.74, 6) is -0.976. The molecule has 0 radical (unpaired) electrons. The fourth-order valence-electron chi connectivity index (χ4n) is 2.51. The highest BCUT2D eigenvalue weighted by Crippen LogP contribution is 2.30. The summed E-state index contributed by atoms with van der Waals surface area (Å²) < 4.78 is 38.3. The van der Waals surface area contributed by atoms with Crippen LogP contribution in [-0.2, 0) is 6.18 Å². The van der Waals surface area contributed by atoms with E-state index in [1.54, 1.807) is 6.92 Å². The SMILES string of the molecule is CC(=O)c1sc(NC(=O)c2c[nH]c3cc(C(F)(F)F)ccc3c2=O)nc1C. The molecule has 0 fully saturated rings. The number of hydrogen-bond acceptors (Lipinski definition) is 5. The number of aryl methyl sites for hydroxylation is 1. The molecule has 1 aromatic carbocycles. The highest BCUT2D eigenvalue weighted by atomic mass is 32.1. The first-order chi connectivity index (χ1) is 12.6. The van der Waals surface area contributed by atoms with Crippen LogP contribution in [0.25, 0.3) is 10.9 Å². The number of Topliss-reactive ketones (excluding diaryl/α,β-unsaturated/α-hetero) is 1. The van der Waals surface area contributed by atoms with Crippen molar-refractivity contribution in [1.82, 2.24) is 9.97 Å².